The summed E-state index contributed by atoms with van der Waals surface area (Å²) in [6.45, 7) is 14.2. The summed E-state index contributed by atoms with van der Waals surface area (Å²) in [4.78, 5) is 72.8. The maximum absolute atomic E-state index is 13.1. The van der Waals surface area contributed by atoms with Crippen molar-refractivity contribution in [3.05, 3.63) is 0 Å². The molecule has 19 heteroatoms. The highest BCUT2D eigenvalue weighted by molar-refractivity contribution is 7.47. The first-order valence-electron chi connectivity index (χ1n) is 39.7. The predicted molar refractivity (Wildman–Crippen MR) is 391 cm³/mol. The van der Waals surface area contributed by atoms with E-state index >= 15 is 0 Å². The zero-order valence-corrected chi connectivity index (χ0v) is 64.8. The molecule has 96 heavy (non-hydrogen) atoms. The average molecular weight is 1410 g/mol. The molecule has 3 N–H and O–H groups in total. The summed E-state index contributed by atoms with van der Waals surface area (Å²) in [5.41, 5.74) is 0. The zero-order chi connectivity index (χ0) is 71.0. The van der Waals surface area contributed by atoms with E-state index in [9.17, 15) is 43.2 Å². The fraction of sp³-hybridized carbons (Fsp3) is 0.948. The number of hydrogen-bond acceptors (Lipinski definition) is 15. The molecule has 570 valence electrons. The van der Waals surface area contributed by atoms with Crippen LogP contribution < -0.4 is 0 Å². The molecule has 0 amide bonds. The molecule has 0 fully saturated rings. The summed E-state index contributed by atoms with van der Waals surface area (Å²) in [6.07, 6.45) is 51.5. The third-order valence-corrected chi connectivity index (χ3v) is 19.7. The molecule has 0 saturated carbocycles. The Hall–Kier alpha value is -1.94. The van der Waals surface area contributed by atoms with Crippen molar-refractivity contribution in [1.82, 2.24) is 0 Å². The van der Waals surface area contributed by atoms with Crippen molar-refractivity contribution in [2.45, 2.75) is 408 Å². The molecule has 5 atom stereocenters. The second kappa shape index (κ2) is 66.3. The maximum Gasteiger partial charge on any atom is 0.472 e. The number of carbonyl (C=O) groups excluding carboxylic acids is 4. The Labute approximate surface area is 588 Å². The topological polar surface area (TPSA) is 237 Å². The van der Waals surface area contributed by atoms with Gasteiger partial charge < -0.3 is 33.8 Å². The van der Waals surface area contributed by atoms with Crippen LogP contribution in [0.4, 0.5) is 0 Å². The van der Waals surface area contributed by atoms with Crippen LogP contribution in [-0.2, 0) is 65.4 Å². The number of ether oxygens (including phenoxy) is 4. The van der Waals surface area contributed by atoms with Crippen LogP contribution in [0.5, 0.6) is 0 Å². The Bertz CT molecular complexity index is 1880. The average Bonchev–Trinajstić information content (AvgIpc) is 1.21. The molecule has 0 aromatic heterocycles. The van der Waals surface area contributed by atoms with E-state index in [-0.39, 0.29) is 25.7 Å². The number of aliphatic hydroxyl groups is 1. The van der Waals surface area contributed by atoms with E-state index < -0.39 is 97.5 Å². The second-order valence-electron chi connectivity index (χ2n) is 29.7. The van der Waals surface area contributed by atoms with Crippen molar-refractivity contribution in [3.8, 4) is 0 Å². The SMILES string of the molecule is CC(C)CCCCCCCCCCCCCCCCCCC(=O)OC[C@H](COP(=O)(O)OCC(O)COP(=O)(O)OC[C@@H](COC(=O)CCCCCCCCCC(C)C)OC(=O)CCCCCCCCCCCCCCC(C)C)OC(=O)CCCCCCCCCCCC(C)C. The Morgan fingerprint density at radius 3 is 0.646 bits per heavy atom. The molecule has 0 heterocycles. The van der Waals surface area contributed by atoms with E-state index in [2.05, 4.69) is 55.4 Å². The van der Waals surface area contributed by atoms with Crippen LogP contribution in [0.1, 0.15) is 389 Å². The second-order valence-corrected chi connectivity index (χ2v) is 32.6. The number of phosphoric acid groups is 2. The quantitative estimate of drug-likeness (QED) is 0.0222. The molecule has 0 rings (SSSR count). The number of hydrogen-bond donors (Lipinski definition) is 3. The summed E-state index contributed by atoms with van der Waals surface area (Å²) in [5, 5.41) is 10.6. The van der Waals surface area contributed by atoms with Gasteiger partial charge in [0.1, 0.15) is 19.3 Å². The first kappa shape index (κ1) is 94.1. The van der Waals surface area contributed by atoms with Gasteiger partial charge in [-0.1, -0.05) is 338 Å². The molecule has 0 aliphatic carbocycles. The highest BCUT2D eigenvalue weighted by atomic mass is 31.2. The van der Waals surface area contributed by atoms with Gasteiger partial charge in [0.05, 0.1) is 26.4 Å². The van der Waals surface area contributed by atoms with E-state index in [1.165, 1.54) is 186 Å². The number of unbranched alkanes of at least 4 members (excludes halogenated alkanes) is 40. The van der Waals surface area contributed by atoms with E-state index in [1.807, 2.05) is 0 Å². The van der Waals surface area contributed by atoms with Gasteiger partial charge >= 0.3 is 39.5 Å². The highest BCUT2D eigenvalue weighted by Crippen LogP contribution is 2.45. The monoisotopic (exact) mass is 1410 g/mol. The Kier molecular flexibility index (Phi) is 65.0. The standard InChI is InChI=1S/C77H150O17P2/c1-67(2)53-45-37-29-22-17-13-11-9-10-12-14-19-25-33-41-49-57-74(79)87-63-72(94-77(82)60-52-44-35-27-21-24-31-39-47-55-69(5)6)65-91-95(83,84)89-61-71(78)62-90-96(85,86)92-66-73(64-88-75(80)58-50-42-36-28-32-40-48-56-70(7)8)93-76(81)59-51-43-34-26-20-16-15-18-23-30-38-46-54-68(3)4/h67-73,78H,9-66H2,1-8H3,(H,83,84)(H,85,86)/t71?,72-,73-/m1/s1. The maximum atomic E-state index is 13.1. The molecule has 0 bridgehead atoms. The zero-order valence-electron chi connectivity index (χ0n) is 63.0. The smallest absolute Gasteiger partial charge is 0.462 e. The fourth-order valence-corrected chi connectivity index (χ4v) is 13.3. The third kappa shape index (κ3) is 70.5. The minimum Gasteiger partial charge on any atom is -0.462 e. The minimum absolute atomic E-state index is 0.105. The summed E-state index contributed by atoms with van der Waals surface area (Å²) in [6, 6.07) is 0. The van der Waals surface area contributed by atoms with Crippen molar-refractivity contribution >= 4 is 39.5 Å². The lowest BCUT2D eigenvalue weighted by Gasteiger charge is -2.21. The van der Waals surface area contributed by atoms with Crippen LogP contribution in [0.2, 0.25) is 0 Å². The van der Waals surface area contributed by atoms with Crippen LogP contribution in [0.15, 0.2) is 0 Å². The van der Waals surface area contributed by atoms with E-state index in [0.29, 0.717) is 31.6 Å². The molecule has 0 radical (unpaired) electrons. The van der Waals surface area contributed by atoms with Crippen LogP contribution in [-0.4, -0.2) is 96.7 Å². The molecule has 17 nitrogen and oxygen atoms in total. The Morgan fingerprint density at radius 2 is 0.438 bits per heavy atom. The van der Waals surface area contributed by atoms with Gasteiger partial charge in [0.25, 0.3) is 0 Å². The molecular formula is C77H150O17P2. The number of phosphoric ester groups is 2. The van der Waals surface area contributed by atoms with Gasteiger partial charge in [-0.05, 0) is 49.4 Å². The number of aliphatic hydroxyl groups excluding tert-OH is 1. The van der Waals surface area contributed by atoms with Gasteiger partial charge in [0.15, 0.2) is 12.2 Å². The van der Waals surface area contributed by atoms with Gasteiger partial charge in [0, 0.05) is 25.7 Å². The first-order chi connectivity index (χ1) is 46.1. The Morgan fingerprint density at radius 1 is 0.260 bits per heavy atom. The lowest BCUT2D eigenvalue weighted by atomic mass is 10.0. The molecule has 0 aliphatic heterocycles. The van der Waals surface area contributed by atoms with Crippen molar-refractivity contribution in [1.29, 1.82) is 0 Å². The van der Waals surface area contributed by atoms with Crippen molar-refractivity contribution in [2.24, 2.45) is 23.7 Å². The summed E-state index contributed by atoms with van der Waals surface area (Å²) in [5.74, 6) is 0.910. The van der Waals surface area contributed by atoms with Crippen LogP contribution in [0, 0.1) is 23.7 Å². The van der Waals surface area contributed by atoms with Crippen molar-refractivity contribution in [2.75, 3.05) is 39.6 Å². The van der Waals surface area contributed by atoms with Crippen molar-refractivity contribution in [3.63, 3.8) is 0 Å². The molecular weight excluding hydrogens is 1260 g/mol. The summed E-state index contributed by atoms with van der Waals surface area (Å²) < 4.78 is 68.5. The number of esters is 4. The molecule has 0 aliphatic rings. The van der Waals surface area contributed by atoms with Crippen molar-refractivity contribution < 1.29 is 80.2 Å². The highest BCUT2D eigenvalue weighted by Gasteiger charge is 2.30. The summed E-state index contributed by atoms with van der Waals surface area (Å²) >= 11 is 0. The van der Waals surface area contributed by atoms with Crippen LogP contribution >= 0.6 is 15.6 Å². The lowest BCUT2D eigenvalue weighted by molar-refractivity contribution is -0.161. The normalized spacial score (nSPS) is 14.1. The van der Waals surface area contributed by atoms with Gasteiger partial charge in [0.2, 0.25) is 0 Å². The van der Waals surface area contributed by atoms with Gasteiger partial charge in [-0.3, -0.25) is 37.3 Å². The van der Waals surface area contributed by atoms with Crippen LogP contribution in [0.25, 0.3) is 0 Å². The Balaban J connectivity index is 5.21. The predicted octanol–water partition coefficient (Wildman–Crippen LogP) is 22.4. The van der Waals surface area contributed by atoms with Gasteiger partial charge in [-0.2, -0.15) is 0 Å². The van der Waals surface area contributed by atoms with E-state index in [1.54, 1.807) is 0 Å². The molecule has 0 spiro atoms. The molecule has 0 aromatic rings. The lowest BCUT2D eigenvalue weighted by Crippen LogP contribution is -2.30. The number of rotatable bonds is 74. The van der Waals surface area contributed by atoms with Gasteiger partial charge in [-0.25, -0.2) is 9.13 Å². The van der Waals surface area contributed by atoms with E-state index in [0.717, 1.165) is 114 Å². The largest absolute Gasteiger partial charge is 0.472 e. The third-order valence-electron chi connectivity index (χ3n) is 17.8. The molecule has 3 unspecified atom stereocenters. The fourth-order valence-electron chi connectivity index (χ4n) is 11.7. The minimum atomic E-state index is -4.96. The van der Waals surface area contributed by atoms with E-state index in [4.69, 9.17) is 37.0 Å². The summed E-state index contributed by atoms with van der Waals surface area (Å²) in [7, 11) is -9.91. The molecule has 0 saturated heterocycles. The first-order valence-corrected chi connectivity index (χ1v) is 42.7. The van der Waals surface area contributed by atoms with Crippen LogP contribution in [0.3, 0.4) is 0 Å². The van der Waals surface area contributed by atoms with Gasteiger partial charge in [-0.15, -0.1) is 0 Å². The molecule has 0 aromatic carbocycles. The number of carbonyl (C=O) groups is 4.